The predicted molar refractivity (Wildman–Crippen MR) is 87.7 cm³/mol. The smallest absolute Gasteiger partial charge is 0.265 e. The summed E-state index contributed by atoms with van der Waals surface area (Å²) in [5.41, 5.74) is 5.76. The molecule has 0 spiro atoms. The maximum Gasteiger partial charge on any atom is 0.265 e. The zero-order valence-corrected chi connectivity index (χ0v) is 13.7. The minimum atomic E-state index is 0.0213. The van der Waals surface area contributed by atoms with Crippen molar-refractivity contribution in [2.45, 2.75) is 19.4 Å². The van der Waals surface area contributed by atoms with Crippen LogP contribution >= 0.6 is 35.2 Å². The van der Waals surface area contributed by atoms with Gasteiger partial charge in [0.15, 0.2) is 0 Å². The Hall–Kier alpha value is -0.690. The van der Waals surface area contributed by atoms with Crippen LogP contribution < -0.4 is 5.73 Å². The fourth-order valence-electron chi connectivity index (χ4n) is 2.47. The molecule has 1 aliphatic rings. The standard InChI is InChI=1S/C13H18ClN3OS2/c1-2-10(12(15)19)16-4-6-17(7-5-16)13(18)11-9(14)3-8-20-11/h3,8,10H,2,4-7H2,1H3,(H2,15,19). The third-order valence-electron chi connectivity index (χ3n) is 3.57. The highest BCUT2D eigenvalue weighted by Gasteiger charge is 2.28. The van der Waals surface area contributed by atoms with Gasteiger partial charge < -0.3 is 10.6 Å². The third-order valence-corrected chi connectivity index (χ3v) is 5.17. The first-order valence-electron chi connectivity index (χ1n) is 6.60. The SMILES string of the molecule is CCC(C(N)=S)N1CCN(C(=O)c2sccc2Cl)CC1. The van der Waals surface area contributed by atoms with E-state index in [2.05, 4.69) is 11.8 Å². The second kappa shape index (κ2) is 6.85. The van der Waals surface area contributed by atoms with E-state index < -0.39 is 0 Å². The Kier molecular flexibility index (Phi) is 5.37. The monoisotopic (exact) mass is 331 g/mol. The molecule has 7 heteroatoms. The maximum absolute atomic E-state index is 12.3. The first kappa shape index (κ1) is 15.7. The van der Waals surface area contributed by atoms with Crippen molar-refractivity contribution in [1.82, 2.24) is 9.80 Å². The Labute approximate surface area is 133 Å². The number of piperazine rings is 1. The van der Waals surface area contributed by atoms with Crippen LogP contribution in [-0.4, -0.2) is 52.9 Å². The van der Waals surface area contributed by atoms with E-state index in [1.54, 1.807) is 6.07 Å². The van der Waals surface area contributed by atoms with Gasteiger partial charge in [-0.25, -0.2) is 0 Å². The molecule has 0 aromatic carbocycles. The summed E-state index contributed by atoms with van der Waals surface area (Å²) in [6.07, 6.45) is 0.903. The van der Waals surface area contributed by atoms with Gasteiger partial charge >= 0.3 is 0 Å². The van der Waals surface area contributed by atoms with E-state index in [-0.39, 0.29) is 11.9 Å². The highest BCUT2D eigenvalue weighted by atomic mass is 35.5. The van der Waals surface area contributed by atoms with Crippen molar-refractivity contribution >= 4 is 46.1 Å². The van der Waals surface area contributed by atoms with E-state index in [0.717, 1.165) is 19.5 Å². The topological polar surface area (TPSA) is 49.6 Å². The van der Waals surface area contributed by atoms with Gasteiger partial charge in [0.2, 0.25) is 0 Å². The molecule has 1 fully saturated rings. The minimum Gasteiger partial charge on any atom is -0.392 e. The highest BCUT2D eigenvalue weighted by molar-refractivity contribution is 7.80. The molecule has 1 aromatic heterocycles. The van der Waals surface area contributed by atoms with E-state index in [9.17, 15) is 4.79 Å². The van der Waals surface area contributed by atoms with Gasteiger partial charge in [-0.2, -0.15) is 0 Å². The lowest BCUT2D eigenvalue weighted by Gasteiger charge is -2.38. The fourth-order valence-corrected chi connectivity index (χ4v) is 3.88. The van der Waals surface area contributed by atoms with Gasteiger partial charge in [-0.3, -0.25) is 9.69 Å². The van der Waals surface area contributed by atoms with Crippen LogP contribution in [0.1, 0.15) is 23.0 Å². The molecule has 1 aromatic rings. The van der Waals surface area contributed by atoms with E-state index in [1.165, 1.54) is 11.3 Å². The fraction of sp³-hybridized carbons (Fsp3) is 0.538. The zero-order valence-electron chi connectivity index (χ0n) is 11.3. The molecular weight excluding hydrogens is 314 g/mol. The van der Waals surface area contributed by atoms with Crippen molar-refractivity contribution in [2.24, 2.45) is 5.73 Å². The Morgan fingerprint density at radius 1 is 1.50 bits per heavy atom. The van der Waals surface area contributed by atoms with E-state index >= 15 is 0 Å². The predicted octanol–water partition coefficient (Wildman–Crippen LogP) is 2.22. The molecule has 0 saturated carbocycles. The van der Waals surface area contributed by atoms with Crippen LogP contribution in [0, 0.1) is 0 Å². The summed E-state index contributed by atoms with van der Waals surface area (Å²) in [5.74, 6) is 0.0213. The molecule has 1 saturated heterocycles. The van der Waals surface area contributed by atoms with Crippen LogP contribution in [0.3, 0.4) is 0 Å². The third kappa shape index (κ3) is 3.31. The summed E-state index contributed by atoms with van der Waals surface area (Å²) in [4.78, 5) is 17.6. The number of rotatable bonds is 4. The Morgan fingerprint density at radius 3 is 2.60 bits per heavy atom. The van der Waals surface area contributed by atoms with Crippen molar-refractivity contribution in [3.8, 4) is 0 Å². The van der Waals surface area contributed by atoms with Gasteiger partial charge in [0, 0.05) is 26.2 Å². The molecule has 110 valence electrons. The van der Waals surface area contributed by atoms with Gasteiger partial charge in [0.1, 0.15) is 4.88 Å². The highest BCUT2D eigenvalue weighted by Crippen LogP contribution is 2.24. The van der Waals surface area contributed by atoms with Crippen LogP contribution in [0.2, 0.25) is 5.02 Å². The minimum absolute atomic E-state index is 0.0213. The number of hydrogen-bond donors (Lipinski definition) is 1. The molecule has 1 atom stereocenters. The molecular formula is C13H18ClN3OS2. The average Bonchev–Trinajstić information content (AvgIpc) is 2.85. The lowest BCUT2D eigenvalue weighted by molar-refractivity contribution is 0.0616. The van der Waals surface area contributed by atoms with Crippen LogP contribution in [0.5, 0.6) is 0 Å². The van der Waals surface area contributed by atoms with Crippen molar-refractivity contribution in [2.75, 3.05) is 26.2 Å². The van der Waals surface area contributed by atoms with Crippen molar-refractivity contribution in [3.63, 3.8) is 0 Å². The summed E-state index contributed by atoms with van der Waals surface area (Å²) in [6, 6.07) is 1.89. The molecule has 4 nitrogen and oxygen atoms in total. The van der Waals surface area contributed by atoms with E-state index in [1.807, 2.05) is 10.3 Å². The first-order chi connectivity index (χ1) is 9.54. The number of carbonyl (C=O) groups excluding carboxylic acids is 1. The molecule has 2 N–H and O–H groups in total. The van der Waals surface area contributed by atoms with Crippen molar-refractivity contribution < 1.29 is 4.79 Å². The van der Waals surface area contributed by atoms with Crippen LogP contribution in [0.4, 0.5) is 0 Å². The van der Waals surface area contributed by atoms with Gasteiger partial charge in [-0.15, -0.1) is 11.3 Å². The molecule has 1 amide bonds. The lowest BCUT2D eigenvalue weighted by Crippen LogP contribution is -2.54. The van der Waals surface area contributed by atoms with Crippen molar-refractivity contribution in [1.29, 1.82) is 0 Å². The number of nitrogens with two attached hydrogens (primary N) is 1. The molecule has 2 rings (SSSR count). The quantitative estimate of drug-likeness (QED) is 0.860. The van der Waals surface area contributed by atoms with Gasteiger partial charge in [0.25, 0.3) is 5.91 Å². The molecule has 0 radical (unpaired) electrons. The summed E-state index contributed by atoms with van der Waals surface area (Å²) in [7, 11) is 0. The molecule has 1 aliphatic heterocycles. The largest absolute Gasteiger partial charge is 0.392 e. The van der Waals surface area contributed by atoms with Gasteiger partial charge in [-0.1, -0.05) is 30.7 Å². The second-order valence-corrected chi connectivity index (χ2v) is 6.55. The number of carbonyl (C=O) groups is 1. The number of thiophene rings is 1. The molecule has 2 heterocycles. The Bertz CT molecular complexity index is 498. The van der Waals surface area contributed by atoms with Crippen LogP contribution in [-0.2, 0) is 0 Å². The Balaban J connectivity index is 1.96. The summed E-state index contributed by atoms with van der Waals surface area (Å²) < 4.78 is 0. The second-order valence-electron chi connectivity index (χ2n) is 4.75. The molecule has 1 unspecified atom stereocenters. The summed E-state index contributed by atoms with van der Waals surface area (Å²) in [5, 5.41) is 2.38. The van der Waals surface area contributed by atoms with Crippen LogP contribution in [0.25, 0.3) is 0 Å². The molecule has 0 aliphatic carbocycles. The van der Waals surface area contributed by atoms with Gasteiger partial charge in [0.05, 0.1) is 16.1 Å². The number of halogens is 1. The first-order valence-corrected chi connectivity index (χ1v) is 8.26. The summed E-state index contributed by atoms with van der Waals surface area (Å²) in [6.45, 7) is 5.04. The zero-order chi connectivity index (χ0) is 14.7. The summed E-state index contributed by atoms with van der Waals surface area (Å²) >= 11 is 12.5. The van der Waals surface area contributed by atoms with E-state index in [0.29, 0.717) is 28.0 Å². The molecule has 20 heavy (non-hydrogen) atoms. The van der Waals surface area contributed by atoms with E-state index in [4.69, 9.17) is 29.6 Å². The lowest BCUT2D eigenvalue weighted by atomic mass is 10.1. The van der Waals surface area contributed by atoms with Gasteiger partial charge in [-0.05, 0) is 17.9 Å². The number of hydrogen-bond acceptors (Lipinski definition) is 4. The average molecular weight is 332 g/mol. The Morgan fingerprint density at radius 2 is 2.15 bits per heavy atom. The van der Waals surface area contributed by atoms with Crippen molar-refractivity contribution in [3.05, 3.63) is 21.3 Å². The number of nitrogens with zero attached hydrogens (tertiary/aromatic N) is 2. The number of thiocarbonyl (C=S) groups is 1. The molecule has 0 bridgehead atoms. The van der Waals surface area contributed by atoms with Crippen LogP contribution in [0.15, 0.2) is 11.4 Å². The normalized spacial score (nSPS) is 18.0. The maximum atomic E-state index is 12.3. The number of amides is 1.